The third kappa shape index (κ3) is 2.08. The lowest BCUT2D eigenvalue weighted by atomic mass is 9.89. The third-order valence-corrected chi connectivity index (χ3v) is 2.67. The summed E-state index contributed by atoms with van der Waals surface area (Å²) in [5.74, 6) is 0.564. The smallest absolute Gasteiger partial charge is 0.0702 e. The molecule has 4 atom stereocenters. The van der Waals surface area contributed by atoms with Crippen LogP contribution in [0.25, 0.3) is 0 Å². The molecule has 0 unspecified atom stereocenters. The maximum atomic E-state index is 5.88. The van der Waals surface area contributed by atoms with Crippen molar-refractivity contribution < 1.29 is 4.74 Å². The molecule has 70 valence electrons. The van der Waals surface area contributed by atoms with Crippen molar-refractivity contribution in [2.24, 2.45) is 11.7 Å². The predicted molar refractivity (Wildman–Crippen MR) is 50.9 cm³/mol. The van der Waals surface area contributed by atoms with Crippen LogP contribution in [0.15, 0.2) is 12.7 Å². The van der Waals surface area contributed by atoms with Crippen molar-refractivity contribution in [3.8, 4) is 0 Å². The van der Waals surface area contributed by atoms with Crippen LogP contribution in [0.1, 0.15) is 26.7 Å². The molecule has 1 saturated heterocycles. The van der Waals surface area contributed by atoms with E-state index in [4.69, 9.17) is 10.5 Å². The van der Waals surface area contributed by atoms with Crippen LogP contribution in [-0.2, 0) is 4.74 Å². The molecule has 1 aliphatic heterocycles. The van der Waals surface area contributed by atoms with Gasteiger partial charge in [0.25, 0.3) is 0 Å². The second-order valence-corrected chi connectivity index (χ2v) is 3.78. The zero-order valence-corrected chi connectivity index (χ0v) is 7.99. The average molecular weight is 169 g/mol. The van der Waals surface area contributed by atoms with Gasteiger partial charge in [0.2, 0.25) is 0 Å². The first-order valence-corrected chi connectivity index (χ1v) is 4.67. The molecule has 1 aliphatic rings. The van der Waals surface area contributed by atoms with Crippen molar-refractivity contribution >= 4 is 0 Å². The van der Waals surface area contributed by atoms with E-state index < -0.39 is 0 Å². The van der Waals surface area contributed by atoms with E-state index in [2.05, 4.69) is 13.5 Å². The predicted octanol–water partition coefficient (Wildman–Crippen LogP) is 1.70. The average Bonchev–Trinajstić information content (AvgIpc) is 2.01. The highest BCUT2D eigenvalue weighted by Gasteiger charge is 2.30. The first kappa shape index (κ1) is 9.75. The minimum absolute atomic E-state index is 0.200. The molecule has 0 aromatic rings. The summed E-state index contributed by atoms with van der Waals surface area (Å²) in [6.45, 7) is 7.96. The SMILES string of the molecule is C=CC[C@@H]1O[C@H](C)[C@H](N)C[C@@H]1C. The van der Waals surface area contributed by atoms with Crippen LogP contribution in [0.5, 0.6) is 0 Å². The van der Waals surface area contributed by atoms with Gasteiger partial charge in [0, 0.05) is 6.04 Å². The van der Waals surface area contributed by atoms with E-state index in [1.165, 1.54) is 0 Å². The van der Waals surface area contributed by atoms with Gasteiger partial charge in [0.1, 0.15) is 0 Å². The van der Waals surface area contributed by atoms with Gasteiger partial charge < -0.3 is 10.5 Å². The monoisotopic (exact) mass is 169 g/mol. The fraction of sp³-hybridized carbons (Fsp3) is 0.800. The standard InChI is InChI=1S/C10H19NO/c1-4-5-10-7(2)6-9(11)8(3)12-10/h4,7-10H,1,5-6,11H2,2-3H3/t7-,8+,9+,10-/m0/s1. The molecule has 2 nitrogen and oxygen atoms in total. The summed E-state index contributed by atoms with van der Waals surface area (Å²) < 4.78 is 5.75. The van der Waals surface area contributed by atoms with Crippen LogP contribution in [0, 0.1) is 5.92 Å². The Hall–Kier alpha value is -0.340. The Morgan fingerprint density at radius 1 is 1.58 bits per heavy atom. The Balaban J connectivity index is 2.49. The number of rotatable bonds is 2. The van der Waals surface area contributed by atoms with Crippen molar-refractivity contribution in [1.82, 2.24) is 0 Å². The molecule has 0 spiro atoms. The molecule has 0 aromatic carbocycles. The molecular weight excluding hydrogens is 150 g/mol. The topological polar surface area (TPSA) is 35.2 Å². The Labute approximate surface area is 74.8 Å². The number of ether oxygens (including phenoxy) is 1. The summed E-state index contributed by atoms with van der Waals surface area (Å²) in [7, 11) is 0. The first-order chi connectivity index (χ1) is 5.65. The fourth-order valence-electron chi connectivity index (χ4n) is 1.74. The molecule has 0 aromatic heterocycles. The molecule has 0 bridgehead atoms. The van der Waals surface area contributed by atoms with Crippen LogP contribution in [-0.4, -0.2) is 18.2 Å². The number of hydrogen-bond acceptors (Lipinski definition) is 2. The number of nitrogens with two attached hydrogens (primary N) is 1. The highest BCUT2D eigenvalue weighted by atomic mass is 16.5. The van der Waals surface area contributed by atoms with Gasteiger partial charge in [-0.05, 0) is 25.7 Å². The van der Waals surface area contributed by atoms with Crippen molar-refractivity contribution in [3.05, 3.63) is 12.7 Å². The molecule has 1 fully saturated rings. The fourth-order valence-corrected chi connectivity index (χ4v) is 1.74. The van der Waals surface area contributed by atoms with Gasteiger partial charge in [-0.2, -0.15) is 0 Å². The summed E-state index contributed by atoms with van der Waals surface area (Å²) in [5.41, 5.74) is 5.88. The van der Waals surface area contributed by atoms with Gasteiger partial charge >= 0.3 is 0 Å². The van der Waals surface area contributed by atoms with Crippen LogP contribution in [0.2, 0.25) is 0 Å². The maximum Gasteiger partial charge on any atom is 0.0702 e. The van der Waals surface area contributed by atoms with Gasteiger partial charge in [-0.3, -0.25) is 0 Å². The van der Waals surface area contributed by atoms with Gasteiger partial charge in [0.15, 0.2) is 0 Å². The highest BCUT2D eigenvalue weighted by molar-refractivity contribution is 4.86. The van der Waals surface area contributed by atoms with Gasteiger partial charge in [-0.15, -0.1) is 6.58 Å². The van der Waals surface area contributed by atoms with Gasteiger partial charge in [0.05, 0.1) is 12.2 Å². The Kier molecular flexibility index (Phi) is 3.29. The normalized spacial score (nSPS) is 42.6. The molecule has 1 rings (SSSR count). The first-order valence-electron chi connectivity index (χ1n) is 4.67. The Morgan fingerprint density at radius 2 is 2.25 bits per heavy atom. The van der Waals surface area contributed by atoms with E-state index in [0.717, 1.165) is 12.8 Å². The largest absolute Gasteiger partial charge is 0.373 e. The molecule has 12 heavy (non-hydrogen) atoms. The highest BCUT2D eigenvalue weighted by Crippen LogP contribution is 2.25. The Morgan fingerprint density at radius 3 is 2.83 bits per heavy atom. The van der Waals surface area contributed by atoms with Crippen LogP contribution in [0.3, 0.4) is 0 Å². The van der Waals surface area contributed by atoms with E-state index in [0.29, 0.717) is 12.0 Å². The minimum Gasteiger partial charge on any atom is -0.373 e. The van der Waals surface area contributed by atoms with E-state index in [-0.39, 0.29) is 12.1 Å². The molecule has 0 amide bonds. The molecule has 2 heteroatoms. The van der Waals surface area contributed by atoms with E-state index >= 15 is 0 Å². The van der Waals surface area contributed by atoms with E-state index in [9.17, 15) is 0 Å². The summed E-state index contributed by atoms with van der Waals surface area (Å²) >= 11 is 0. The van der Waals surface area contributed by atoms with Crippen LogP contribution >= 0.6 is 0 Å². The van der Waals surface area contributed by atoms with E-state index in [1.807, 2.05) is 13.0 Å². The summed E-state index contributed by atoms with van der Waals surface area (Å²) in [6, 6.07) is 0.209. The molecule has 2 N–H and O–H groups in total. The lowest BCUT2D eigenvalue weighted by Crippen LogP contribution is -2.46. The lowest BCUT2D eigenvalue weighted by molar-refractivity contribution is -0.0783. The van der Waals surface area contributed by atoms with Crippen molar-refractivity contribution in [2.45, 2.75) is 44.9 Å². The van der Waals surface area contributed by atoms with Gasteiger partial charge in [-0.25, -0.2) is 0 Å². The summed E-state index contributed by atoms with van der Waals surface area (Å²) in [4.78, 5) is 0. The lowest BCUT2D eigenvalue weighted by Gasteiger charge is -2.37. The van der Waals surface area contributed by atoms with Crippen LogP contribution < -0.4 is 5.73 Å². The third-order valence-electron chi connectivity index (χ3n) is 2.67. The second-order valence-electron chi connectivity index (χ2n) is 3.78. The molecule has 0 aliphatic carbocycles. The van der Waals surface area contributed by atoms with E-state index in [1.54, 1.807) is 0 Å². The van der Waals surface area contributed by atoms with Crippen molar-refractivity contribution in [1.29, 1.82) is 0 Å². The zero-order valence-electron chi connectivity index (χ0n) is 7.99. The molecular formula is C10H19NO. The zero-order chi connectivity index (χ0) is 9.14. The van der Waals surface area contributed by atoms with Crippen molar-refractivity contribution in [2.75, 3.05) is 0 Å². The molecule has 1 heterocycles. The molecule has 0 saturated carbocycles. The van der Waals surface area contributed by atoms with Crippen molar-refractivity contribution in [3.63, 3.8) is 0 Å². The molecule has 0 radical (unpaired) electrons. The summed E-state index contributed by atoms with van der Waals surface area (Å²) in [5, 5.41) is 0. The quantitative estimate of drug-likeness (QED) is 0.639. The number of hydrogen-bond donors (Lipinski definition) is 1. The Bertz CT molecular complexity index is 158. The van der Waals surface area contributed by atoms with Gasteiger partial charge in [-0.1, -0.05) is 13.0 Å². The van der Waals surface area contributed by atoms with Crippen LogP contribution in [0.4, 0.5) is 0 Å². The summed E-state index contributed by atoms with van der Waals surface area (Å²) in [6.07, 6.45) is 4.46. The minimum atomic E-state index is 0.200. The maximum absolute atomic E-state index is 5.88. The second kappa shape index (κ2) is 4.06.